The number of hydrogen-bond donors (Lipinski definition) is 2. The van der Waals surface area contributed by atoms with E-state index in [0.29, 0.717) is 0 Å². The van der Waals surface area contributed by atoms with Crippen molar-refractivity contribution in [2.45, 2.75) is 0 Å². The number of nitrogens with zero attached hydrogens (tertiary/aromatic N) is 6. The van der Waals surface area contributed by atoms with Crippen molar-refractivity contribution in [2.75, 3.05) is 83.5 Å². The molecule has 0 fully saturated rings. The topological polar surface area (TPSA) is 135 Å². The zero-order chi connectivity index (χ0) is 19.4. The lowest BCUT2D eigenvalue weighted by Crippen LogP contribution is -2.35. The van der Waals surface area contributed by atoms with Crippen LogP contribution in [0, 0.1) is 0 Å². The first-order valence-electron chi connectivity index (χ1n) is 7.48. The molecule has 0 amide bonds. The summed E-state index contributed by atoms with van der Waals surface area (Å²) in [6.45, 7) is -0.223. The number of aliphatic hydroxyl groups is 1. The second kappa shape index (κ2) is 12.5. The van der Waals surface area contributed by atoms with Crippen LogP contribution >= 0.6 is 0 Å². The molecule has 0 bridgehead atoms. The third-order valence-corrected chi connectivity index (χ3v) is 2.97. The minimum atomic E-state index is -0.383. The van der Waals surface area contributed by atoms with Crippen molar-refractivity contribution in [1.29, 1.82) is 0 Å². The van der Waals surface area contributed by atoms with E-state index in [0.717, 1.165) is 0 Å². The van der Waals surface area contributed by atoms with Crippen molar-refractivity contribution in [2.24, 2.45) is 0 Å². The molecule has 0 aliphatic heterocycles. The smallest absolute Gasteiger partial charge is 0.235 e. The Morgan fingerprint density at radius 2 is 1.00 bits per heavy atom. The van der Waals surface area contributed by atoms with Gasteiger partial charge in [0.2, 0.25) is 17.8 Å². The second-order valence-corrected chi connectivity index (χ2v) is 4.93. The molecule has 1 rings (SSSR count). The fourth-order valence-corrected chi connectivity index (χ4v) is 1.93. The van der Waals surface area contributed by atoms with Crippen LogP contribution in [0.3, 0.4) is 0 Å². The van der Waals surface area contributed by atoms with Gasteiger partial charge >= 0.3 is 0 Å². The van der Waals surface area contributed by atoms with E-state index >= 15 is 0 Å². The van der Waals surface area contributed by atoms with Gasteiger partial charge in [-0.1, -0.05) is 0 Å². The average molecular weight is 378 g/mol. The minimum absolute atomic E-state index is 0.0431. The molecule has 26 heavy (non-hydrogen) atoms. The first-order chi connectivity index (χ1) is 12.6. The number of methoxy groups -OCH3 is 4. The Hall–Kier alpha value is -1.87. The lowest BCUT2D eigenvalue weighted by atomic mass is 10.6. The molecular weight excluding hydrogens is 352 g/mol. The summed E-state index contributed by atoms with van der Waals surface area (Å²) in [5.41, 5.74) is 0. The van der Waals surface area contributed by atoms with E-state index in [4.69, 9.17) is 24.2 Å². The Morgan fingerprint density at radius 3 is 1.35 bits per heavy atom. The van der Waals surface area contributed by atoms with Gasteiger partial charge in [-0.05, 0) is 0 Å². The Balaban J connectivity index is 3.35. The summed E-state index contributed by atoms with van der Waals surface area (Å²) in [5.74, 6) is 0.514. The quantitative estimate of drug-likeness (QED) is 0.235. The molecular formula is C13H26N6O7. The molecule has 0 spiro atoms. The highest BCUT2D eigenvalue weighted by Crippen LogP contribution is 2.19. The molecule has 2 N–H and O–H groups in total. The van der Waals surface area contributed by atoms with Gasteiger partial charge in [-0.2, -0.15) is 15.0 Å². The number of rotatable bonds is 14. The molecule has 0 unspecified atom stereocenters. The molecule has 0 radical (unpaired) electrons. The first-order valence-corrected chi connectivity index (χ1v) is 7.48. The SMILES string of the molecule is COCN(CO)c1nc(N(COC)COC)nc(N(COC)COO)n1. The summed E-state index contributed by atoms with van der Waals surface area (Å²) in [6, 6.07) is 0. The highest BCUT2D eigenvalue weighted by Gasteiger charge is 2.20. The Kier molecular flexibility index (Phi) is 10.6. The maximum atomic E-state index is 9.56. The van der Waals surface area contributed by atoms with Gasteiger partial charge in [-0.3, -0.25) is 14.7 Å². The molecule has 0 aliphatic carbocycles. The van der Waals surface area contributed by atoms with Crippen molar-refractivity contribution in [1.82, 2.24) is 15.0 Å². The lowest BCUT2D eigenvalue weighted by molar-refractivity contribution is -0.243. The number of aliphatic hydroxyl groups excluding tert-OH is 1. The third kappa shape index (κ3) is 6.45. The highest BCUT2D eigenvalue weighted by atomic mass is 17.1. The van der Waals surface area contributed by atoms with Crippen LogP contribution < -0.4 is 14.7 Å². The minimum Gasteiger partial charge on any atom is -0.376 e. The summed E-state index contributed by atoms with van der Waals surface area (Å²) in [6.07, 6.45) is 0. The van der Waals surface area contributed by atoms with Crippen LogP contribution in [0.25, 0.3) is 0 Å². The summed E-state index contributed by atoms with van der Waals surface area (Å²) in [4.78, 5) is 21.5. The lowest BCUT2D eigenvalue weighted by Gasteiger charge is -2.26. The fraction of sp³-hybridized carbons (Fsp3) is 0.769. The van der Waals surface area contributed by atoms with Crippen molar-refractivity contribution in [3.8, 4) is 0 Å². The fourth-order valence-electron chi connectivity index (χ4n) is 1.93. The molecule has 0 atom stereocenters. The van der Waals surface area contributed by atoms with Crippen molar-refractivity contribution < 1.29 is 34.2 Å². The third-order valence-electron chi connectivity index (χ3n) is 2.97. The largest absolute Gasteiger partial charge is 0.376 e. The van der Waals surface area contributed by atoms with Crippen molar-refractivity contribution >= 4 is 17.8 Å². The van der Waals surface area contributed by atoms with E-state index in [-0.39, 0.29) is 58.2 Å². The van der Waals surface area contributed by atoms with E-state index in [1.54, 1.807) is 4.90 Å². The summed E-state index contributed by atoms with van der Waals surface area (Å²) in [5, 5.41) is 18.4. The zero-order valence-corrected chi connectivity index (χ0v) is 15.4. The molecule has 1 heterocycles. The van der Waals surface area contributed by atoms with Crippen LogP contribution in [-0.2, 0) is 23.8 Å². The first kappa shape index (κ1) is 22.2. The molecule has 0 saturated heterocycles. The average Bonchev–Trinajstić information content (AvgIpc) is 2.65. The molecule has 1 aromatic rings. The van der Waals surface area contributed by atoms with Gasteiger partial charge in [0.1, 0.15) is 33.7 Å². The molecule has 0 aliphatic rings. The number of anilines is 3. The van der Waals surface area contributed by atoms with E-state index in [2.05, 4.69) is 19.8 Å². The number of ether oxygens (including phenoxy) is 4. The zero-order valence-electron chi connectivity index (χ0n) is 15.4. The van der Waals surface area contributed by atoms with Crippen LogP contribution in [0.5, 0.6) is 0 Å². The molecule has 0 saturated carbocycles. The molecule has 13 nitrogen and oxygen atoms in total. The Labute approximate surface area is 151 Å². The van der Waals surface area contributed by atoms with Gasteiger partial charge in [0, 0.05) is 28.4 Å². The van der Waals surface area contributed by atoms with E-state index < -0.39 is 0 Å². The predicted molar refractivity (Wildman–Crippen MR) is 90.4 cm³/mol. The summed E-state index contributed by atoms with van der Waals surface area (Å²) in [7, 11) is 5.99. The molecule has 1 aromatic heterocycles. The van der Waals surface area contributed by atoms with Crippen LogP contribution in [0.1, 0.15) is 0 Å². The number of hydrogen-bond acceptors (Lipinski definition) is 13. The van der Waals surface area contributed by atoms with Crippen LogP contribution in [-0.4, -0.2) is 94.1 Å². The number of aromatic nitrogens is 3. The molecule has 0 aromatic carbocycles. The highest BCUT2D eigenvalue weighted by molar-refractivity contribution is 5.45. The van der Waals surface area contributed by atoms with Gasteiger partial charge in [-0.15, -0.1) is 0 Å². The monoisotopic (exact) mass is 378 g/mol. The molecule has 13 heteroatoms. The van der Waals surface area contributed by atoms with E-state index in [1.165, 1.54) is 38.2 Å². The van der Waals surface area contributed by atoms with Gasteiger partial charge in [-0.25, -0.2) is 10.1 Å². The van der Waals surface area contributed by atoms with Crippen LogP contribution in [0.4, 0.5) is 17.8 Å². The standard InChI is InChI=1S/C13H26N6O7/c1-22-6-17(5-20)11-14-12(18(7-23-2)8-24-3)16-13(15-11)19(9-25-4)10-26-21/h20-21H,5-10H2,1-4H3. The second-order valence-electron chi connectivity index (χ2n) is 4.93. The van der Waals surface area contributed by atoms with Gasteiger partial charge in [0.25, 0.3) is 0 Å². The summed E-state index contributed by atoms with van der Waals surface area (Å²) < 4.78 is 20.4. The van der Waals surface area contributed by atoms with Crippen LogP contribution in [0.2, 0.25) is 0 Å². The van der Waals surface area contributed by atoms with Gasteiger partial charge < -0.3 is 24.1 Å². The maximum Gasteiger partial charge on any atom is 0.235 e. The van der Waals surface area contributed by atoms with Gasteiger partial charge in [0.05, 0.1) is 0 Å². The Bertz CT molecular complexity index is 466. The van der Waals surface area contributed by atoms with Crippen molar-refractivity contribution in [3.05, 3.63) is 0 Å². The molecule has 150 valence electrons. The summed E-state index contributed by atoms with van der Waals surface area (Å²) >= 11 is 0. The maximum absolute atomic E-state index is 9.56. The van der Waals surface area contributed by atoms with Crippen LogP contribution in [0.15, 0.2) is 0 Å². The predicted octanol–water partition coefficient (Wildman–Crippen LogP) is -0.897. The van der Waals surface area contributed by atoms with Gasteiger partial charge in [0.15, 0.2) is 6.73 Å². The van der Waals surface area contributed by atoms with Crippen molar-refractivity contribution in [3.63, 3.8) is 0 Å². The Morgan fingerprint density at radius 1 is 0.654 bits per heavy atom. The van der Waals surface area contributed by atoms with E-state index in [1.807, 2.05) is 0 Å². The normalized spacial score (nSPS) is 10.8. The van der Waals surface area contributed by atoms with E-state index in [9.17, 15) is 5.11 Å².